The van der Waals surface area contributed by atoms with E-state index in [2.05, 4.69) is 26.4 Å². The van der Waals surface area contributed by atoms with Crippen molar-refractivity contribution >= 4 is 26.6 Å². The minimum atomic E-state index is -2.51. The topological polar surface area (TPSA) is 171 Å². The Bertz CT molecular complexity index is 458. The molecule has 0 radical (unpaired) electrons. The fourth-order valence-electron chi connectivity index (χ4n) is 2.27. The van der Waals surface area contributed by atoms with Gasteiger partial charge in [0.1, 0.15) is 26.2 Å². The maximum atomic E-state index is 5.43. The van der Waals surface area contributed by atoms with Crippen molar-refractivity contribution < 1.29 is 40.7 Å². The van der Waals surface area contributed by atoms with Crippen LogP contribution in [0.3, 0.4) is 0 Å². The van der Waals surface area contributed by atoms with Crippen molar-refractivity contribution in [2.24, 2.45) is 0 Å². The number of hydrogen-bond acceptors (Lipinski definition) is 6. The molecular weight excluding hydrogens is 344 g/mol. The summed E-state index contributed by atoms with van der Waals surface area (Å²) in [5.41, 5.74) is 7.69. The predicted octanol–water partition coefficient (Wildman–Crippen LogP) is -5.79. The zero-order valence-electron chi connectivity index (χ0n) is 15.7. The minimum Gasteiger partial charge on any atom is -0.377 e. The normalized spacial score (nSPS) is 11.9. The molecular formula is C13H35N8O3Si+5. The molecule has 0 aliphatic rings. The molecule has 12 heteroatoms. The number of quaternary nitrogens is 5. The fraction of sp³-hybridized carbons (Fsp3) is 0.769. The first kappa shape index (κ1) is 21.9. The van der Waals surface area contributed by atoms with Crippen LogP contribution in [0.25, 0.3) is 0 Å². The zero-order chi connectivity index (χ0) is 18.5. The largest absolute Gasteiger partial charge is 0.500 e. The first-order chi connectivity index (χ1) is 12.1. The molecule has 0 bridgehead atoms. The van der Waals surface area contributed by atoms with Crippen molar-refractivity contribution in [1.29, 1.82) is 0 Å². The molecule has 0 aliphatic heterocycles. The molecule has 0 aliphatic carbocycles. The third kappa shape index (κ3) is 7.77. The Kier molecular flexibility index (Phi) is 10.8. The summed E-state index contributed by atoms with van der Waals surface area (Å²) in [5.74, 6) is 2.10. The van der Waals surface area contributed by atoms with Gasteiger partial charge in [-0.2, -0.15) is 0 Å². The zero-order valence-corrected chi connectivity index (χ0v) is 16.7. The van der Waals surface area contributed by atoms with Crippen LogP contribution < -0.4 is 27.4 Å². The van der Waals surface area contributed by atoms with Gasteiger partial charge in [0.15, 0.2) is 0 Å². The highest BCUT2D eigenvalue weighted by atomic mass is 28.4. The summed E-state index contributed by atoms with van der Waals surface area (Å²) in [7, 11) is 2.38. The molecule has 1 heterocycles. The van der Waals surface area contributed by atoms with Gasteiger partial charge in [0.05, 0.1) is 6.54 Å². The second-order valence-electron chi connectivity index (χ2n) is 5.49. The van der Waals surface area contributed by atoms with Gasteiger partial charge >= 0.3 is 26.6 Å². The van der Waals surface area contributed by atoms with Crippen LogP contribution in [0.15, 0.2) is 0 Å². The Morgan fingerprint density at radius 1 is 0.760 bits per heavy atom. The lowest BCUT2D eigenvalue weighted by molar-refractivity contribution is -0.618. The van der Waals surface area contributed by atoms with E-state index in [1.807, 2.05) is 16.0 Å². The Labute approximate surface area is 149 Å². The Hall–Kier alpha value is -1.09. The minimum absolute atomic E-state index is 0.695. The molecule has 0 aromatic carbocycles. The van der Waals surface area contributed by atoms with Crippen molar-refractivity contribution in [3.8, 4) is 0 Å². The molecule has 11 nitrogen and oxygen atoms in total. The van der Waals surface area contributed by atoms with Crippen LogP contribution in [0.5, 0.6) is 0 Å². The molecule has 144 valence electrons. The average Bonchev–Trinajstić information content (AvgIpc) is 2.65. The monoisotopic (exact) mass is 379 g/mol. The number of rotatable bonds is 14. The second-order valence-corrected chi connectivity index (χ2v) is 8.59. The molecule has 1 rings (SSSR count). The summed E-state index contributed by atoms with van der Waals surface area (Å²) < 4.78 is 16.3. The summed E-state index contributed by atoms with van der Waals surface area (Å²) in [6, 6.07) is 0.749. The van der Waals surface area contributed by atoms with Crippen molar-refractivity contribution in [3.63, 3.8) is 0 Å². The van der Waals surface area contributed by atoms with Crippen molar-refractivity contribution in [3.05, 3.63) is 0 Å². The van der Waals surface area contributed by atoms with Gasteiger partial charge in [-0.1, -0.05) is 0 Å². The smallest absolute Gasteiger partial charge is 0.377 e. The number of nitrogens with zero attached hydrogens (tertiary/aromatic N) is 3. The van der Waals surface area contributed by atoms with Gasteiger partial charge < -0.3 is 24.7 Å². The highest BCUT2D eigenvalue weighted by Crippen LogP contribution is 2.13. The molecule has 0 saturated carbocycles. The van der Waals surface area contributed by atoms with Gasteiger partial charge in [0.25, 0.3) is 0 Å². The second kappa shape index (κ2) is 12.3. The van der Waals surface area contributed by atoms with E-state index in [0.29, 0.717) is 17.8 Å². The number of aromatic nitrogens is 3. The Morgan fingerprint density at radius 2 is 1.16 bits per heavy atom. The highest BCUT2D eigenvalue weighted by Gasteiger charge is 2.37. The van der Waals surface area contributed by atoms with Gasteiger partial charge in [0.2, 0.25) is 0 Å². The van der Waals surface area contributed by atoms with Crippen LogP contribution in [0, 0.1) is 0 Å². The quantitative estimate of drug-likeness (QED) is 0.159. The van der Waals surface area contributed by atoms with Crippen LogP contribution in [0.4, 0.5) is 17.8 Å². The lowest BCUT2D eigenvalue weighted by Gasteiger charge is -2.23. The van der Waals surface area contributed by atoms with E-state index in [4.69, 9.17) is 13.3 Å². The van der Waals surface area contributed by atoms with Crippen molar-refractivity contribution in [2.75, 3.05) is 54.1 Å². The summed E-state index contributed by atoms with van der Waals surface area (Å²) in [5, 5.41) is 6.00. The standard InChI is InChI=1S/C13H30N8O3Si/c1-22-25(23-2,24-3)10-4-7-16-11-19-12(17-8-5-14)21-13(20-11)18-9-6-15/h4-10,14-15H2,1-3H3,(H3,16,17,18,19,20,21)/p+5. The molecule has 1 aromatic rings. The lowest BCUT2D eigenvalue weighted by Crippen LogP contribution is -2.87. The maximum Gasteiger partial charge on any atom is 0.500 e. The fourth-order valence-corrected chi connectivity index (χ4v) is 4.02. The first-order valence-corrected chi connectivity index (χ1v) is 10.6. The molecule has 0 fully saturated rings. The summed E-state index contributed by atoms with van der Waals surface area (Å²) in [6.07, 6.45) is 0.878. The number of hydrogen-bond donors (Lipinski definition) is 5. The summed E-state index contributed by atoms with van der Waals surface area (Å²) in [4.78, 5) is 13.4. The maximum absolute atomic E-state index is 5.43. The van der Waals surface area contributed by atoms with Gasteiger partial charge in [-0.25, -0.2) is 0 Å². The van der Waals surface area contributed by atoms with Crippen LogP contribution in [-0.4, -0.2) is 77.8 Å². The van der Waals surface area contributed by atoms with Crippen molar-refractivity contribution in [1.82, 2.24) is 15.0 Å². The molecule has 0 spiro atoms. The van der Waals surface area contributed by atoms with E-state index < -0.39 is 8.80 Å². The number of nitrogens with two attached hydrogens (primary N) is 3. The lowest BCUT2D eigenvalue weighted by atomic mass is 10.5. The van der Waals surface area contributed by atoms with E-state index in [1.54, 1.807) is 21.3 Å². The van der Waals surface area contributed by atoms with E-state index >= 15 is 0 Å². The average molecular weight is 380 g/mol. The molecule has 12 N–H and O–H groups in total. The van der Waals surface area contributed by atoms with Crippen LogP contribution in [0.1, 0.15) is 6.42 Å². The van der Waals surface area contributed by atoms with Crippen LogP contribution in [0.2, 0.25) is 6.04 Å². The molecule has 0 saturated heterocycles. The van der Waals surface area contributed by atoms with E-state index in [-0.39, 0.29) is 0 Å². The van der Waals surface area contributed by atoms with Gasteiger partial charge in [-0.3, -0.25) is 16.0 Å². The SMILES string of the molecule is CO[Si](CCC[NH2+]c1nc([NH2+]CC[NH3+])nc([NH2+]CC[NH3+])n1)(OC)OC. The molecule has 25 heavy (non-hydrogen) atoms. The van der Waals surface area contributed by atoms with Gasteiger partial charge in [0, 0.05) is 33.8 Å². The summed E-state index contributed by atoms with van der Waals surface area (Å²) in [6.45, 7) is 4.16. The van der Waals surface area contributed by atoms with Gasteiger partial charge in [-0.05, 0) is 0 Å². The molecule has 1 aromatic heterocycles. The van der Waals surface area contributed by atoms with E-state index in [1.165, 1.54) is 0 Å². The van der Waals surface area contributed by atoms with E-state index in [0.717, 1.165) is 45.2 Å². The molecule has 0 unspecified atom stereocenters. The van der Waals surface area contributed by atoms with Crippen LogP contribution >= 0.6 is 0 Å². The summed E-state index contributed by atoms with van der Waals surface area (Å²) >= 11 is 0. The Balaban J connectivity index is 2.63. The first-order valence-electron chi connectivity index (χ1n) is 8.62. The molecule has 0 atom stereocenters. The van der Waals surface area contributed by atoms with Crippen molar-refractivity contribution in [2.45, 2.75) is 12.5 Å². The van der Waals surface area contributed by atoms with E-state index in [9.17, 15) is 0 Å². The third-order valence-corrected chi connectivity index (χ3v) is 6.53. The molecule has 0 amide bonds. The predicted molar refractivity (Wildman–Crippen MR) is 90.9 cm³/mol. The third-order valence-electron chi connectivity index (χ3n) is 3.70. The Morgan fingerprint density at radius 3 is 1.52 bits per heavy atom. The highest BCUT2D eigenvalue weighted by molar-refractivity contribution is 6.60. The van der Waals surface area contributed by atoms with Crippen LogP contribution in [-0.2, 0) is 13.3 Å². The van der Waals surface area contributed by atoms with Gasteiger partial charge in [-0.15, -0.1) is 15.0 Å².